The van der Waals surface area contributed by atoms with Crippen molar-refractivity contribution >= 4 is 11.7 Å². The summed E-state index contributed by atoms with van der Waals surface area (Å²) < 4.78 is 23.5. The minimum Gasteiger partial charge on any atom is -0.496 e. The molecule has 0 saturated heterocycles. The van der Waals surface area contributed by atoms with E-state index in [1.165, 1.54) is 12.1 Å². The molecule has 3 aromatic carbocycles. The van der Waals surface area contributed by atoms with E-state index < -0.39 is 10.9 Å². The van der Waals surface area contributed by atoms with Gasteiger partial charge in [-0.2, -0.15) is 5.10 Å². The molecule has 0 atom stereocenters. The maximum atomic E-state index is 13.3. The summed E-state index contributed by atoms with van der Waals surface area (Å²) >= 11 is 0. The van der Waals surface area contributed by atoms with E-state index in [2.05, 4.69) is 5.10 Å². The van der Waals surface area contributed by atoms with Crippen LogP contribution in [0.4, 0.5) is 5.69 Å². The molecular formula is C26H21N3O7. The molecule has 0 bridgehead atoms. The Bertz CT molecular complexity index is 1430. The smallest absolute Gasteiger partial charge is 0.342 e. The molecule has 0 amide bonds. The molecule has 1 aromatic heterocycles. The first kappa shape index (κ1) is 23.1. The zero-order valence-electron chi connectivity index (χ0n) is 19.2. The van der Waals surface area contributed by atoms with Crippen molar-refractivity contribution in [2.75, 3.05) is 13.9 Å². The summed E-state index contributed by atoms with van der Waals surface area (Å²) in [7, 11) is 1.54. The lowest BCUT2D eigenvalue weighted by Crippen LogP contribution is -2.15. The lowest BCUT2D eigenvalue weighted by atomic mass is 10.1. The van der Waals surface area contributed by atoms with Gasteiger partial charge in [-0.15, -0.1) is 0 Å². The van der Waals surface area contributed by atoms with Crippen LogP contribution in [0.5, 0.6) is 11.5 Å². The van der Waals surface area contributed by atoms with Gasteiger partial charge in [-0.25, -0.2) is 9.48 Å². The molecule has 0 unspecified atom stereocenters. The summed E-state index contributed by atoms with van der Waals surface area (Å²) in [4.78, 5) is 24.2. The van der Waals surface area contributed by atoms with Crippen LogP contribution in [-0.2, 0) is 22.7 Å². The molecule has 2 heterocycles. The Hall–Kier alpha value is -4.70. The van der Waals surface area contributed by atoms with Crippen LogP contribution in [0, 0.1) is 10.1 Å². The maximum absolute atomic E-state index is 13.3. The van der Waals surface area contributed by atoms with E-state index >= 15 is 0 Å². The summed E-state index contributed by atoms with van der Waals surface area (Å²) in [6.07, 6.45) is 1.59. The van der Waals surface area contributed by atoms with Crippen molar-refractivity contribution in [2.24, 2.45) is 0 Å². The number of carbonyl (C=O) groups excluding carboxylic acids is 1. The largest absolute Gasteiger partial charge is 0.496 e. The van der Waals surface area contributed by atoms with Crippen LogP contribution in [0.3, 0.4) is 0 Å². The highest BCUT2D eigenvalue weighted by molar-refractivity contribution is 5.97. The van der Waals surface area contributed by atoms with Crippen LogP contribution in [0.2, 0.25) is 0 Å². The maximum Gasteiger partial charge on any atom is 0.342 e. The molecule has 10 heteroatoms. The lowest BCUT2D eigenvalue weighted by molar-refractivity contribution is -0.385. The first-order valence-electron chi connectivity index (χ1n) is 11.0. The number of carbonyl (C=O) groups is 1. The Morgan fingerprint density at radius 2 is 1.92 bits per heavy atom. The Kier molecular flexibility index (Phi) is 6.33. The van der Waals surface area contributed by atoms with Crippen LogP contribution in [0.1, 0.15) is 21.5 Å². The standard InChI is InChI=1S/C26H21N3O7/c1-33-23-10-6-5-9-21(23)24-22(13-28(27-24)19-7-3-2-4-8-19)26(30)35-15-18-12-20(29(31)32)11-17-14-34-16-36-25(17)18/h2-13H,14-16H2,1H3. The second-order valence-corrected chi connectivity index (χ2v) is 7.91. The van der Waals surface area contributed by atoms with E-state index in [1.54, 1.807) is 30.1 Å². The van der Waals surface area contributed by atoms with Gasteiger partial charge in [0.05, 0.1) is 24.3 Å². The number of aromatic nitrogens is 2. The van der Waals surface area contributed by atoms with E-state index in [0.717, 1.165) is 5.69 Å². The molecule has 0 aliphatic carbocycles. The third kappa shape index (κ3) is 4.49. The minimum absolute atomic E-state index is 0.00749. The Morgan fingerprint density at radius 3 is 2.69 bits per heavy atom. The molecule has 1 aliphatic rings. The number of methoxy groups -OCH3 is 1. The number of nitro benzene ring substituents is 1. The molecule has 1 aliphatic heterocycles. The zero-order chi connectivity index (χ0) is 25.1. The number of non-ortho nitro benzene ring substituents is 1. The number of rotatable bonds is 7. The van der Waals surface area contributed by atoms with Gasteiger partial charge in [-0.3, -0.25) is 10.1 Å². The van der Waals surface area contributed by atoms with Crippen LogP contribution in [0.15, 0.2) is 72.9 Å². The van der Waals surface area contributed by atoms with Crippen LogP contribution in [-0.4, -0.2) is 34.6 Å². The topological polar surface area (TPSA) is 115 Å². The number of nitrogens with zero attached hydrogens (tertiary/aromatic N) is 3. The molecule has 182 valence electrons. The van der Waals surface area contributed by atoms with Gasteiger partial charge in [0.1, 0.15) is 29.4 Å². The molecule has 10 nitrogen and oxygen atoms in total. The third-order valence-electron chi connectivity index (χ3n) is 5.66. The average Bonchev–Trinajstić information content (AvgIpc) is 3.37. The number of fused-ring (bicyclic) bond motifs is 1. The number of para-hydroxylation sites is 2. The average molecular weight is 487 g/mol. The van der Waals surface area contributed by atoms with E-state index in [-0.39, 0.29) is 31.3 Å². The van der Waals surface area contributed by atoms with Crippen molar-refractivity contribution in [3.63, 3.8) is 0 Å². The summed E-state index contributed by atoms with van der Waals surface area (Å²) in [5.74, 6) is 0.320. The molecule has 0 fully saturated rings. The fourth-order valence-electron chi connectivity index (χ4n) is 3.99. The molecule has 0 spiro atoms. The summed E-state index contributed by atoms with van der Waals surface area (Å²) in [6.45, 7) is -0.0575. The Labute approximate surface area is 205 Å². The van der Waals surface area contributed by atoms with Gasteiger partial charge >= 0.3 is 5.97 Å². The molecule has 0 radical (unpaired) electrons. The van der Waals surface area contributed by atoms with Crippen LogP contribution < -0.4 is 9.47 Å². The summed E-state index contributed by atoms with van der Waals surface area (Å²) in [5, 5.41) is 16.0. The van der Waals surface area contributed by atoms with E-state index in [1.807, 2.05) is 42.5 Å². The van der Waals surface area contributed by atoms with Crippen molar-refractivity contribution in [3.05, 3.63) is 99.7 Å². The van der Waals surface area contributed by atoms with Crippen molar-refractivity contribution in [2.45, 2.75) is 13.2 Å². The second kappa shape index (κ2) is 9.88. The molecule has 4 aromatic rings. The quantitative estimate of drug-likeness (QED) is 0.210. The number of hydrogen-bond donors (Lipinski definition) is 0. The summed E-state index contributed by atoms with van der Waals surface area (Å²) in [6, 6.07) is 19.3. The van der Waals surface area contributed by atoms with E-state index in [4.69, 9.17) is 18.9 Å². The number of ether oxygens (including phenoxy) is 4. The number of esters is 1. The first-order chi connectivity index (χ1) is 17.5. The molecule has 36 heavy (non-hydrogen) atoms. The number of benzene rings is 3. The fourth-order valence-corrected chi connectivity index (χ4v) is 3.99. The normalized spacial score (nSPS) is 12.4. The lowest BCUT2D eigenvalue weighted by Gasteiger charge is -2.20. The molecule has 0 N–H and O–H groups in total. The van der Waals surface area contributed by atoms with Crippen molar-refractivity contribution in [1.29, 1.82) is 0 Å². The molecule has 5 rings (SSSR count). The third-order valence-corrected chi connectivity index (χ3v) is 5.66. The summed E-state index contributed by atoms with van der Waals surface area (Å²) in [5.41, 5.74) is 2.74. The van der Waals surface area contributed by atoms with Crippen molar-refractivity contribution in [1.82, 2.24) is 9.78 Å². The van der Waals surface area contributed by atoms with Crippen LogP contribution >= 0.6 is 0 Å². The van der Waals surface area contributed by atoms with Crippen molar-refractivity contribution in [3.8, 4) is 28.4 Å². The van der Waals surface area contributed by atoms with Gasteiger partial charge < -0.3 is 18.9 Å². The molecule has 0 saturated carbocycles. The van der Waals surface area contributed by atoms with Crippen LogP contribution in [0.25, 0.3) is 16.9 Å². The SMILES string of the molecule is COc1ccccc1-c1nn(-c2ccccc2)cc1C(=O)OCc1cc([N+](=O)[O-])cc2c1OCOC2. The Morgan fingerprint density at radius 1 is 1.14 bits per heavy atom. The predicted molar refractivity (Wildman–Crippen MR) is 128 cm³/mol. The second-order valence-electron chi connectivity index (χ2n) is 7.91. The van der Waals surface area contributed by atoms with E-state index in [9.17, 15) is 14.9 Å². The highest BCUT2D eigenvalue weighted by Gasteiger charge is 2.25. The monoisotopic (exact) mass is 487 g/mol. The highest BCUT2D eigenvalue weighted by atomic mass is 16.7. The van der Waals surface area contributed by atoms with E-state index in [0.29, 0.717) is 33.9 Å². The van der Waals surface area contributed by atoms with Gasteiger partial charge in [0.15, 0.2) is 6.79 Å². The highest BCUT2D eigenvalue weighted by Crippen LogP contribution is 2.35. The van der Waals surface area contributed by atoms with Gasteiger partial charge in [0, 0.05) is 35.0 Å². The Balaban J connectivity index is 1.50. The number of hydrogen-bond acceptors (Lipinski definition) is 8. The van der Waals surface area contributed by atoms with Gasteiger partial charge in [-0.1, -0.05) is 30.3 Å². The van der Waals surface area contributed by atoms with Gasteiger partial charge in [-0.05, 0) is 24.3 Å². The van der Waals surface area contributed by atoms with Gasteiger partial charge in [0.25, 0.3) is 5.69 Å². The zero-order valence-corrected chi connectivity index (χ0v) is 19.2. The minimum atomic E-state index is -0.648. The molecular weight excluding hydrogens is 466 g/mol. The fraction of sp³-hybridized carbons (Fsp3) is 0.154. The number of nitro groups is 1. The first-order valence-corrected chi connectivity index (χ1v) is 11.0. The predicted octanol–water partition coefficient (Wildman–Crippen LogP) is 4.68. The van der Waals surface area contributed by atoms with Gasteiger partial charge in [0.2, 0.25) is 0 Å². The van der Waals surface area contributed by atoms with Crippen molar-refractivity contribution < 1.29 is 28.7 Å².